The van der Waals surface area contributed by atoms with Gasteiger partial charge >= 0.3 is 0 Å². The fourth-order valence-electron chi connectivity index (χ4n) is 3.04. The maximum Gasteiger partial charge on any atom is 0.260 e. The number of aromatic nitrogens is 3. The van der Waals surface area contributed by atoms with E-state index in [1.807, 2.05) is 47.0 Å². The normalized spacial score (nSPS) is 11.6. The van der Waals surface area contributed by atoms with E-state index in [1.165, 1.54) is 0 Å². The smallest absolute Gasteiger partial charge is 0.260 e. The number of para-hydroxylation sites is 2. The van der Waals surface area contributed by atoms with Crippen molar-refractivity contribution >= 4 is 45.9 Å². The van der Waals surface area contributed by atoms with E-state index in [0.717, 1.165) is 16.6 Å². The molecule has 2 aromatic carbocycles. The van der Waals surface area contributed by atoms with E-state index >= 15 is 0 Å². The Hall–Kier alpha value is -3.22. The van der Waals surface area contributed by atoms with E-state index in [2.05, 4.69) is 20.5 Å². The van der Waals surface area contributed by atoms with E-state index in [4.69, 9.17) is 23.2 Å². The second-order valence-corrected chi connectivity index (χ2v) is 7.40. The van der Waals surface area contributed by atoms with Gasteiger partial charge in [0, 0.05) is 6.20 Å². The van der Waals surface area contributed by atoms with Gasteiger partial charge in [-0.2, -0.15) is 5.10 Å². The Labute approximate surface area is 183 Å². The molecule has 0 spiro atoms. The summed E-state index contributed by atoms with van der Waals surface area (Å²) in [7, 11) is 0. The van der Waals surface area contributed by atoms with Crippen LogP contribution in [0, 0.1) is 0 Å². The van der Waals surface area contributed by atoms with E-state index in [0.29, 0.717) is 27.3 Å². The molecule has 4 rings (SSSR count). The molecule has 8 heteroatoms. The second-order valence-electron chi connectivity index (χ2n) is 6.59. The molecule has 0 unspecified atom stereocenters. The molecular formula is C22H17Cl2N5O. The molecule has 1 amide bonds. The number of imidazole rings is 1. The van der Waals surface area contributed by atoms with Crippen molar-refractivity contribution in [1.29, 1.82) is 0 Å². The zero-order valence-electron chi connectivity index (χ0n) is 16.0. The predicted octanol–water partition coefficient (Wildman–Crippen LogP) is 4.95. The Kier molecular flexibility index (Phi) is 5.79. The molecule has 1 N–H and O–H groups in total. The van der Waals surface area contributed by atoms with Crippen LogP contribution in [-0.2, 0) is 11.3 Å². The molecule has 0 fully saturated rings. The van der Waals surface area contributed by atoms with Gasteiger partial charge in [0.25, 0.3) is 5.91 Å². The minimum atomic E-state index is -0.283. The lowest BCUT2D eigenvalue weighted by molar-refractivity contribution is -0.121. The first-order valence-corrected chi connectivity index (χ1v) is 9.94. The number of nitrogens with one attached hydrogen (secondary N) is 1. The van der Waals surface area contributed by atoms with Gasteiger partial charge in [-0.15, -0.1) is 0 Å². The van der Waals surface area contributed by atoms with E-state index < -0.39 is 0 Å². The molecule has 0 aliphatic heterocycles. The zero-order valence-corrected chi connectivity index (χ0v) is 17.5. The summed E-state index contributed by atoms with van der Waals surface area (Å²) in [5, 5.41) is 5.09. The molecule has 0 aliphatic carbocycles. The van der Waals surface area contributed by atoms with Crippen LogP contribution >= 0.6 is 23.2 Å². The van der Waals surface area contributed by atoms with Gasteiger partial charge < -0.3 is 4.57 Å². The van der Waals surface area contributed by atoms with E-state index in [1.54, 1.807) is 31.3 Å². The Balaban J connectivity index is 1.59. The molecule has 0 radical (unpaired) electrons. The van der Waals surface area contributed by atoms with Gasteiger partial charge in [0.2, 0.25) is 0 Å². The number of nitrogens with zero attached hydrogens (tertiary/aromatic N) is 4. The lowest BCUT2D eigenvalue weighted by Gasteiger charge is -2.09. The number of benzene rings is 2. The van der Waals surface area contributed by atoms with Crippen LogP contribution in [0.3, 0.4) is 0 Å². The van der Waals surface area contributed by atoms with Gasteiger partial charge in [0.15, 0.2) is 5.82 Å². The number of pyridine rings is 1. The van der Waals surface area contributed by atoms with Crippen LogP contribution in [0.15, 0.2) is 72.0 Å². The number of hydrogen-bond donors (Lipinski definition) is 1. The molecule has 30 heavy (non-hydrogen) atoms. The van der Waals surface area contributed by atoms with Crippen molar-refractivity contribution in [2.24, 2.45) is 5.10 Å². The highest BCUT2D eigenvalue weighted by Gasteiger charge is 2.15. The molecule has 0 saturated heterocycles. The van der Waals surface area contributed by atoms with Crippen molar-refractivity contribution < 1.29 is 4.79 Å². The fourth-order valence-corrected chi connectivity index (χ4v) is 3.34. The molecule has 2 heterocycles. The molecule has 6 nitrogen and oxygen atoms in total. The van der Waals surface area contributed by atoms with Crippen molar-refractivity contribution in [3.05, 3.63) is 82.5 Å². The quantitative estimate of drug-likeness (QED) is 0.354. The van der Waals surface area contributed by atoms with Crippen molar-refractivity contribution in [2.75, 3.05) is 0 Å². The largest absolute Gasteiger partial charge is 0.313 e. The van der Waals surface area contributed by atoms with E-state index in [9.17, 15) is 4.79 Å². The summed E-state index contributed by atoms with van der Waals surface area (Å²) in [5.41, 5.74) is 6.31. The van der Waals surface area contributed by atoms with Gasteiger partial charge in [-0.1, -0.05) is 47.5 Å². The average Bonchev–Trinajstić information content (AvgIpc) is 3.13. The number of rotatable bonds is 5. The summed E-state index contributed by atoms with van der Waals surface area (Å²) in [6.45, 7) is 1.83. The number of hydrazone groups is 1. The summed E-state index contributed by atoms with van der Waals surface area (Å²) in [4.78, 5) is 21.7. The third kappa shape index (κ3) is 4.20. The number of carbonyl (C=O) groups excluding carboxylic acids is 1. The lowest BCUT2D eigenvalue weighted by atomic mass is 10.1. The summed E-state index contributed by atoms with van der Waals surface area (Å²) in [6, 6.07) is 18.4. The maximum absolute atomic E-state index is 12.7. The number of halogens is 2. The first-order valence-electron chi connectivity index (χ1n) is 9.18. The average molecular weight is 438 g/mol. The van der Waals surface area contributed by atoms with Crippen LogP contribution in [0.4, 0.5) is 0 Å². The molecule has 0 bridgehead atoms. The second kappa shape index (κ2) is 8.65. The van der Waals surface area contributed by atoms with Crippen molar-refractivity contribution in [1.82, 2.24) is 20.0 Å². The predicted molar refractivity (Wildman–Crippen MR) is 120 cm³/mol. The number of amides is 1. The first kappa shape index (κ1) is 20.1. The lowest BCUT2D eigenvalue weighted by Crippen LogP contribution is -2.24. The molecule has 0 saturated carbocycles. The summed E-state index contributed by atoms with van der Waals surface area (Å²) in [5.74, 6) is 0.340. The Bertz CT molecular complexity index is 1250. The molecular weight excluding hydrogens is 421 g/mol. The molecule has 2 aromatic heterocycles. The van der Waals surface area contributed by atoms with Crippen LogP contribution < -0.4 is 5.43 Å². The van der Waals surface area contributed by atoms with Crippen LogP contribution in [0.1, 0.15) is 12.5 Å². The fraction of sp³-hybridized carbons (Fsp3) is 0.0909. The van der Waals surface area contributed by atoms with Gasteiger partial charge in [0.1, 0.15) is 12.2 Å². The minimum Gasteiger partial charge on any atom is -0.313 e. The minimum absolute atomic E-state index is 0.0462. The monoisotopic (exact) mass is 437 g/mol. The van der Waals surface area contributed by atoms with Crippen LogP contribution in [0.25, 0.3) is 22.6 Å². The van der Waals surface area contributed by atoms with Crippen LogP contribution in [-0.4, -0.2) is 26.2 Å². The maximum atomic E-state index is 12.7. The number of carbonyl (C=O) groups is 1. The highest BCUT2D eigenvalue weighted by atomic mass is 35.5. The molecule has 4 aromatic rings. The molecule has 0 atom stereocenters. The topological polar surface area (TPSA) is 72.2 Å². The highest BCUT2D eigenvalue weighted by Crippen LogP contribution is 2.24. The van der Waals surface area contributed by atoms with Gasteiger partial charge in [-0.25, -0.2) is 10.4 Å². The van der Waals surface area contributed by atoms with Crippen molar-refractivity contribution in [2.45, 2.75) is 13.5 Å². The number of hydrogen-bond acceptors (Lipinski definition) is 4. The molecule has 150 valence electrons. The standard InChI is InChI=1S/C22H17Cl2N5O/c1-14(15-9-10-16(23)17(24)12-15)27-28-21(30)13-29-20-8-3-2-6-18(20)26-22(29)19-7-4-5-11-25-19/h2-12H,13H2,1H3,(H,28,30)/b27-14+. The summed E-state index contributed by atoms with van der Waals surface area (Å²) >= 11 is 12.0. The first-order chi connectivity index (χ1) is 14.5. The Morgan fingerprint density at radius 3 is 2.63 bits per heavy atom. The Morgan fingerprint density at radius 2 is 1.87 bits per heavy atom. The van der Waals surface area contributed by atoms with Crippen molar-refractivity contribution in [3.8, 4) is 11.5 Å². The van der Waals surface area contributed by atoms with Crippen molar-refractivity contribution in [3.63, 3.8) is 0 Å². The number of fused-ring (bicyclic) bond motifs is 1. The van der Waals surface area contributed by atoms with Gasteiger partial charge in [-0.05, 0) is 48.9 Å². The van der Waals surface area contributed by atoms with Gasteiger partial charge in [-0.3, -0.25) is 9.78 Å². The SMILES string of the molecule is C/C(=N\NC(=O)Cn1c(-c2ccccn2)nc2ccccc21)c1ccc(Cl)c(Cl)c1. The summed E-state index contributed by atoms with van der Waals surface area (Å²) < 4.78 is 1.83. The van der Waals surface area contributed by atoms with E-state index in [-0.39, 0.29) is 12.5 Å². The third-order valence-electron chi connectivity index (χ3n) is 4.54. The molecule has 0 aliphatic rings. The Morgan fingerprint density at radius 1 is 1.07 bits per heavy atom. The third-order valence-corrected chi connectivity index (χ3v) is 5.27. The highest BCUT2D eigenvalue weighted by molar-refractivity contribution is 6.42. The summed E-state index contributed by atoms with van der Waals surface area (Å²) in [6.07, 6.45) is 1.70. The zero-order chi connectivity index (χ0) is 21.1. The van der Waals surface area contributed by atoms with Crippen LogP contribution in [0.2, 0.25) is 10.0 Å². The van der Waals surface area contributed by atoms with Gasteiger partial charge in [0.05, 0.1) is 26.8 Å². The van der Waals surface area contributed by atoms with Crippen LogP contribution in [0.5, 0.6) is 0 Å².